The van der Waals surface area contributed by atoms with Crippen LogP contribution in [-0.2, 0) is 12.4 Å². The van der Waals surface area contributed by atoms with Crippen LogP contribution in [0.3, 0.4) is 0 Å². The van der Waals surface area contributed by atoms with Crippen LogP contribution in [0.4, 0.5) is 26.3 Å². The zero-order valence-corrected chi connectivity index (χ0v) is 9.94. The van der Waals surface area contributed by atoms with Crippen molar-refractivity contribution >= 4 is 28.9 Å². The summed E-state index contributed by atoms with van der Waals surface area (Å²) in [6, 6.07) is 1.11. The maximum Gasteiger partial charge on any atom is 0.417 e. The molecule has 0 saturated carbocycles. The number of carbonyl (C=O) groups excluding carboxylic acids is 1. The van der Waals surface area contributed by atoms with Crippen molar-refractivity contribution in [1.29, 1.82) is 0 Å². The van der Waals surface area contributed by atoms with Gasteiger partial charge in [0, 0.05) is 9.13 Å². The molecule has 1 rings (SSSR count). The highest BCUT2D eigenvalue weighted by atomic mass is 127. The van der Waals surface area contributed by atoms with E-state index in [9.17, 15) is 31.1 Å². The molecule has 0 aliphatic heterocycles. The number of rotatable bonds is 1. The summed E-state index contributed by atoms with van der Waals surface area (Å²) in [5.41, 5.74) is -4.81. The Balaban J connectivity index is 3.68. The number of hydrogen-bond donors (Lipinski definition) is 0. The average molecular weight is 368 g/mol. The van der Waals surface area contributed by atoms with E-state index in [2.05, 4.69) is 0 Å². The molecule has 0 N–H and O–H groups in total. The molecule has 1 nitrogen and oxygen atoms in total. The molecule has 17 heavy (non-hydrogen) atoms. The summed E-state index contributed by atoms with van der Waals surface area (Å²) in [5, 5.41) is 0. The second-order valence-corrected chi connectivity index (χ2v) is 4.28. The zero-order chi connectivity index (χ0) is 13.4. The highest BCUT2D eigenvalue weighted by molar-refractivity contribution is 14.1. The fourth-order valence-electron chi connectivity index (χ4n) is 1.26. The van der Waals surface area contributed by atoms with Crippen LogP contribution in [-0.4, -0.2) is 6.29 Å². The maximum absolute atomic E-state index is 12.5. The van der Waals surface area contributed by atoms with Crippen molar-refractivity contribution in [2.24, 2.45) is 0 Å². The Hall–Kier alpha value is -0.800. The second kappa shape index (κ2) is 4.46. The lowest BCUT2D eigenvalue weighted by Gasteiger charge is -2.17. The van der Waals surface area contributed by atoms with Crippen molar-refractivity contribution in [1.82, 2.24) is 0 Å². The van der Waals surface area contributed by atoms with Gasteiger partial charge in [-0.05, 0) is 34.7 Å². The third-order valence-corrected chi connectivity index (χ3v) is 2.47. The summed E-state index contributed by atoms with van der Waals surface area (Å²) in [7, 11) is 0. The Morgan fingerprint density at radius 1 is 1.00 bits per heavy atom. The minimum atomic E-state index is -5.23. The van der Waals surface area contributed by atoms with Crippen LogP contribution < -0.4 is 0 Å². The molecule has 0 amide bonds. The van der Waals surface area contributed by atoms with Crippen molar-refractivity contribution in [3.63, 3.8) is 0 Å². The molecule has 1 aromatic rings. The third kappa shape index (κ3) is 3.11. The number of aldehydes is 1. The predicted octanol–water partition coefficient (Wildman–Crippen LogP) is 4.14. The van der Waals surface area contributed by atoms with Gasteiger partial charge in [0.05, 0.1) is 11.1 Å². The van der Waals surface area contributed by atoms with Gasteiger partial charge in [0.25, 0.3) is 0 Å². The monoisotopic (exact) mass is 368 g/mol. The first-order valence-corrected chi connectivity index (χ1v) is 5.08. The van der Waals surface area contributed by atoms with Crippen LogP contribution in [0.25, 0.3) is 0 Å². The fourth-order valence-corrected chi connectivity index (χ4v) is 1.91. The number of benzene rings is 1. The Morgan fingerprint density at radius 2 is 1.53 bits per heavy atom. The Morgan fingerprint density at radius 3 is 1.88 bits per heavy atom. The van der Waals surface area contributed by atoms with E-state index in [-0.39, 0.29) is 9.86 Å². The van der Waals surface area contributed by atoms with Gasteiger partial charge in [0.2, 0.25) is 0 Å². The van der Waals surface area contributed by atoms with E-state index in [4.69, 9.17) is 0 Å². The van der Waals surface area contributed by atoms with Gasteiger partial charge < -0.3 is 0 Å². The third-order valence-electron chi connectivity index (χ3n) is 1.85. The van der Waals surface area contributed by atoms with Gasteiger partial charge in [-0.2, -0.15) is 26.3 Å². The Kier molecular flexibility index (Phi) is 3.75. The normalized spacial score (nSPS) is 12.6. The molecule has 0 heterocycles. The van der Waals surface area contributed by atoms with Gasteiger partial charge >= 0.3 is 12.4 Å². The van der Waals surface area contributed by atoms with Crippen molar-refractivity contribution < 1.29 is 31.1 Å². The number of alkyl halides is 6. The molecule has 0 fully saturated rings. The van der Waals surface area contributed by atoms with E-state index in [1.54, 1.807) is 0 Å². The Bertz CT molecular complexity index is 448. The summed E-state index contributed by atoms with van der Waals surface area (Å²) in [6.45, 7) is 0. The van der Waals surface area contributed by atoms with Gasteiger partial charge in [-0.3, -0.25) is 4.79 Å². The first-order chi connectivity index (χ1) is 7.57. The highest BCUT2D eigenvalue weighted by Gasteiger charge is 2.45. The van der Waals surface area contributed by atoms with Gasteiger partial charge in [-0.15, -0.1) is 0 Å². The number of halogens is 7. The molecule has 8 heteroatoms. The van der Waals surface area contributed by atoms with E-state index >= 15 is 0 Å². The number of hydrogen-bond acceptors (Lipinski definition) is 1. The molecule has 0 spiro atoms. The van der Waals surface area contributed by atoms with E-state index in [0.29, 0.717) is 6.07 Å². The second-order valence-electron chi connectivity index (χ2n) is 3.03. The molecular weight excluding hydrogens is 365 g/mol. The molecule has 94 valence electrons. The summed E-state index contributed by atoms with van der Waals surface area (Å²) in [5.74, 6) is 0. The molecule has 0 atom stereocenters. The van der Waals surface area contributed by atoms with Crippen LogP contribution >= 0.6 is 22.6 Å². The molecule has 0 aliphatic carbocycles. The minimum Gasteiger partial charge on any atom is -0.298 e. The molecular formula is C9H3F6IO. The fraction of sp³-hybridized carbons (Fsp3) is 0.222. The summed E-state index contributed by atoms with van der Waals surface area (Å²) < 4.78 is 74.8. The van der Waals surface area contributed by atoms with E-state index in [0.717, 1.165) is 6.07 Å². The maximum atomic E-state index is 12.5. The van der Waals surface area contributed by atoms with Crippen LogP contribution in [0.1, 0.15) is 21.5 Å². The van der Waals surface area contributed by atoms with Crippen LogP contribution in [0, 0.1) is 3.57 Å². The highest BCUT2D eigenvalue weighted by Crippen LogP contribution is 2.42. The standard InChI is InChI=1S/C9H3F6IO/c10-8(11,12)6-2-5(16)1-4(3-17)7(6)9(13,14)15/h1-3H. The smallest absolute Gasteiger partial charge is 0.298 e. The van der Waals surface area contributed by atoms with Crippen molar-refractivity contribution in [3.8, 4) is 0 Å². The van der Waals surface area contributed by atoms with Crippen LogP contribution in [0.15, 0.2) is 12.1 Å². The quantitative estimate of drug-likeness (QED) is 0.414. The molecule has 0 saturated heterocycles. The van der Waals surface area contributed by atoms with E-state index in [1.807, 2.05) is 0 Å². The number of carbonyl (C=O) groups is 1. The molecule has 0 aliphatic rings. The van der Waals surface area contributed by atoms with Crippen LogP contribution in [0.2, 0.25) is 0 Å². The molecule has 0 unspecified atom stereocenters. The first kappa shape index (κ1) is 14.3. The Labute approximate surface area is 105 Å². The zero-order valence-electron chi connectivity index (χ0n) is 7.79. The van der Waals surface area contributed by atoms with Crippen LogP contribution in [0.5, 0.6) is 0 Å². The molecule has 0 radical (unpaired) electrons. The molecule has 0 bridgehead atoms. The summed E-state index contributed by atoms with van der Waals surface area (Å²) in [4.78, 5) is 10.4. The SMILES string of the molecule is O=Cc1cc(I)cc(C(F)(F)F)c1C(F)(F)F. The van der Waals surface area contributed by atoms with Gasteiger partial charge in [-0.25, -0.2) is 0 Å². The van der Waals surface area contributed by atoms with Crippen molar-refractivity contribution in [2.75, 3.05) is 0 Å². The summed E-state index contributed by atoms with van der Waals surface area (Å²) in [6.07, 6.45) is -10.6. The van der Waals surface area contributed by atoms with Crippen molar-refractivity contribution in [3.05, 3.63) is 32.4 Å². The predicted molar refractivity (Wildman–Crippen MR) is 54.6 cm³/mol. The molecule has 0 aromatic heterocycles. The van der Waals surface area contributed by atoms with Gasteiger partial charge in [0.15, 0.2) is 6.29 Å². The lowest BCUT2D eigenvalue weighted by Crippen LogP contribution is -2.19. The first-order valence-electron chi connectivity index (χ1n) is 4.00. The average Bonchev–Trinajstić information content (AvgIpc) is 2.12. The largest absolute Gasteiger partial charge is 0.417 e. The lowest BCUT2D eigenvalue weighted by molar-refractivity contribution is -0.162. The van der Waals surface area contributed by atoms with Crippen molar-refractivity contribution in [2.45, 2.75) is 12.4 Å². The van der Waals surface area contributed by atoms with Gasteiger partial charge in [-0.1, -0.05) is 0 Å². The lowest BCUT2D eigenvalue weighted by atomic mass is 10.0. The molecule has 1 aromatic carbocycles. The van der Waals surface area contributed by atoms with E-state index in [1.165, 1.54) is 22.6 Å². The van der Waals surface area contributed by atoms with Gasteiger partial charge in [0.1, 0.15) is 0 Å². The van der Waals surface area contributed by atoms with E-state index < -0.39 is 29.0 Å². The minimum absolute atomic E-state index is 0.0926. The topological polar surface area (TPSA) is 17.1 Å². The summed E-state index contributed by atoms with van der Waals surface area (Å²) >= 11 is 1.41.